The second kappa shape index (κ2) is 15.3. The van der Waals surface area contributed by atoms with Gasteiger partial charge in [0.25, 0.3) is 5.91 Å². The van der Waals surface area contributed by atoms with Gasteiger partial charge in [-0.15, -0.1) is 0 Å². The van der Waals surface area contributed by atoms with Crippen molar-refractivity contribution in [1.29, 1.82) is 0 Å². The normalized spacial score (nSPS) is 25.3. The molecule has 55 heavy (non-hydrogen) atoms. The number of aryl methyl sites for hydroxylation is 1. The fraction of sp³-hybridized carbons (Fsp3) is 0.622. The molecule has 4 unspecified atom stereocenters. The van der Waals surface area contributed by atoms with Crippen LogP contribution in [0.15, 0.2) is 12.1 Å². The number of rotatable bonds is 5. The number of likely N-dealkylation sites (tertiary alicyclic amines) is 1. The van der Waals surface area contributed by atoms with Gasteiger partial charge in [-0.3, -0.25) is 14.4 Å². The van der Waals surface area contributed by atoms with E-state index in [0.717, 1.165) is 31.5 Å². The van der Waals surface area contributed by atoms with E-state index in [2.05, 4.69) is 31.8 Å². The highest BCUT2D eigenvalue weighted by Crippen LogP contribution is 2.43. The summed E-state index contributed by atoms with van der Waals surface area (Å²) in [4.78, 5) is 30.7. The lowest BCUT2D eigenvalue weighted by Gasteiger charge is -2.32. The average Bonchev–Trinajstić information content (AvgIpc) is 3.88. The third-order valence-corrected chi connectivity index (χ3v) is 12.2. The summed E-state index contributed by atoms with van der Waals surface area (Å²) < 4.78 is 82.3. The number of anilines is 2. The van der Waals surface area contributed by atoms with Crippen LogP contribution in [-0.2, 0) is 37.0 Å². The third kappa shape index (κ3) is 7.68. The molecule has 1 amide bonds. The summed E-state index contributed by atoms with van der Waals surface area (Å²) in [5.41, 5.74) is 5.01. The first-order chi connectivity index (χ1) is 26.1. The van der Waals surface area contributed by atoms with Crippen molar-refractivity contribution < 1.29 is 36.2 Å². The van der Waals surface area contributed by atoms with E-state index in [4.69, 9.17) is 26.8 Å². The standard InChI is InChI=1S/C30H35ClF4N8O3.C7H12FN/c1-29(40(2)3)8-11-42(15-29)27(44)25-23(31)20-13-41(9-5-10-43(20)39-25)26-16-14-46-21(12-19(16)37-28(38-26)45-4)22-17(30(33,34)35)6-7-18(36)24(22)32;8-6-4-7-2-1-3-9(7)5-6/h6-7,21H,5,8-15,36H2,1-4H3;6-7H,1-5H2. The highest BCUT2D eigenvalue weighted by Gasteiger charge is 2.42. The maximum atomic E-state index is 15.1. The van der Waals surface area contributed by atoms with Crippen LogP contribution in [0.3, 0.4) is 0 Å². The summed E-state index contributed by atoms with van der Waals surface area (Å²) in [6, 6.07) is 2.25. The quantitative estimate of drug-likeness (QED) is 0.256. The van der Waals surface area contributed by atoms with Crippen molar-refractivity contribution in [3.8, 4) is 6.01 Å². The first kappa shape index (κ1) is 39.4. The molecule has 0 spiro atoms. The van der Waals surface area contributed by atoms with Gasteiger partial charge >= 0.3 is 12.2 Å². The molecule has 0 radical (unpaired) electrons. The number of aromatic nitrogens is 4. The number of hydrogen-bond acceptors (Lipinski definition) is 10. The Labute approximate surface area is 321 Å². The second-order valence-corrected chi connectivity index (χ2v) is 15.9. The highest BCUT2D eigenvalue weighted by molar-refractivity contribution is 6.34. The number of carbonyl (C=O) groups excluding carboxylic acids is 1. The van der Waals surface area contributed by atoms with Gasteiger partial charge in [0, 0.05) is 61.9 Å². The predicted molar refractivity (Wildman–Crippen MR) is 195 cm³/mol. The van der Waals surface area contributed by atoms with Crippen LogP contribution in [0, 0.1) is 5.82 Å². The van der Waals surface area contributed by atoms with Crippen molar-refractivity contribution in [2.24, 2.45) is 0 Å². The van der Waals surface area contributed by atoms with Gasteiger partial charge in [-0.25, -0.2) is 8.78 Å². The van der Waals surface area contributed by atoms with E-state index < -0.39 is 41.1 Å². The van der Waals surface area contributed by atoms with Crippen LogP contribution in [-0.4, -0.2) is 112 Å². The molecule has 0 bridgehead atoms. The van der Waals surface area contributed by atoms with Gasteiger partial charge in [0.2, 0.25) is 0 Å². The minimum atomic E-state index is -4.82. The fourth-order valence-corrected chi connectivity index (χ4v) is 8.68. The minimum absolute atomic E-state index is 0.00353. The van der Waals surface area contributed by atoms with E-state index in [0.29, 0.717) is 68.0 Å². The van der Waals surface area contributed by atoms with E-state index in [1.54, 1.807) is 9.58 Å². The number of benzene rings is 1. The predicted octanol–water partition coefficient (Wildman–Crippen LogP) is 5.66. The van der Waals surface area contributed by atoms with Crippen molar-refractivity contribution >= 4 is 29.0 Å². The Balaban J connectivity index is 0.000000449. The number of ether oxygens (including phenoxy) is 2. The van der Waals surface area contributed by atoms with Gasteiger partial charge in [0.05, 0.1) is 54.0 Å². The van der Waals surface area contributed by atoms with Gasteiger partial charge in [0.15, 0.2) is 11.5 Å². The Bertz CT molecular complexity index is 1920. The fourth-order valence-electron chi connectivity index (χ4n) is 8.40. The summed E-state index contributed by atoms with van der Waals surface area (Å²) in [5.74, 6) is -0.954. The largest absolute Gasteiger partial charge is 0.467 e. The van der Waals surface area contributed by atoms with Crippen molar-refractivity contribution in [2.75, 3.05) is 64.6 Å². The Morgan fingerprint density at radius 3 is 2.62 bits per heavy atom. The van der Waals surface area contributed by atoms with Crippen molar-refractivity contribution in [3.05, 3.63) is 56.7 Å². The third-order valence-electron chi connectivity index (χ3n) is 11.8. The first-order valence-corrected chi connectivity index (χ1v) is 19.0. The molecule has 4 atom stereocenters. The zero-order valence-electron chi connectivity index (χ0n) is 31.4. The van der Waals surface area contributed by atoms with Gasteiger partial charge in [-0.1, -0.05) is 11.6 Å². The Morgan fingerprint density at radius 1 is 1.15 bits per heavy atom. The van der Waals surface area contributed by atoms with E-state index >= 15 is 4.39 Å². The summed E-state index contributed by atoms with van der Waals surface area (Å²) in [7, 11) is 5.37. The Morgan fingerprint density at radius 2 is 1.93 bits per heavy atom. The summed E-state index contributed by atoms with van der Waals surface area (Å²) in [5, 5.41) is 4.88. The SMILES string of the molecule is COc1nc2c(c(N3CCCn4nc(C(=O)N5CCC(C)(N(C)C)C5)c(Cl)c4C3)n1)COC(c1c(C(F)(F)F)ccc(N)c1F)C2.FC1CC2CCCN2C1. The average molecular weight is 796 g/mol. The van der Waals surface area contributed by atoms with E-state index in [1.165, 1.54) is 20.0 Å². The topological polar surface area (TPSA) is 118 Å². The molecule has 5 aliphatic heterocycles. The number of hydrogen-bond donors (Lipinski definition) is 1. The molecular weight excluding hydrogens is 749 g/mol. The number of alkyl halides is 4. The van der Waals surface area contributed by atoms with Crippen LogP contribution in [0.4, 0.5) is 33.5 Å². The lowest BCUT2D eigenvalue weighted by Crippen LogP contribution is -2.44. The number of methoxy groups -OCH3 is 1. The number of likely N-dealkylation sites (N-methyl/N-ethyl adjacent to an activating group) is 1. The van der Waals surface area contributed by atoms with Crippen LogP contribution in [0.1, 0.15) is 83.7 Å². The van der Waals surface area contributed by atoms with E-state index in [1.807, 2.05) is 19.0 Å². The number of halogens is 6. The molecule has 3 fully saturated rings. The van der Waals surface area contributed by atoms with Crippen molar-refractivity contribution in [3.63, 3.8) is 0 Å². The monoisotopic (exact) mass is 795 g/mol. The molecule has 7 heterocycles. The molecule has 3 aromatic rings. The Kier molecular flexibility index (Phi) is 11.0. The number of carbonyl (C=O) groups is 1. The van der Waals surface area contributed by atoms with Crippen molar-refractivity contribution in [2.45, 2.75) is 95.2 Å². The maximum Gasteiger partial charge on any atom is 0.416 e. The van der Waals surface area contributed by atoms with Crippen LogP contribution < -0.4 is 15.4 Å². The van der Waals surface area contributed by atoms with E-state index in [9.17, 15) is 22.4 Å². The summed E-state index contributed by atoms with van der Waals surface area (Å²) in [6.45, 7) is 6.21. The van der Waals surface area contributed by atoms with Crippen molar-refractivity contribution in [1.82, 2.24) is 34.4 Å². The van der Waals surface area contributed by atoms with Crippen LogP contribution in [0.5, 0.6) is 6.01 Å². The molecular formula is C37H47ClF5N9O3. The molecule has 12 nitrogen and oxygen atoms in total. The van der Waals surface area contributed by atoms with Crippen LogP contribution in [0.2, 0.25) is 5.02 Å². The lowest BCUT2D eigenvalue weighted by atomic mass is 9.94. The van der Waals surface area contributed by atoms with E-state index in [-0.39, 0.29) is 47.7 Å². The highest BCUT2D eigenvalue weighted by atomic mass is 35.5. The number of nitrogens with zero attached hydrogens (tertiary/aromatic N) is 8. The van der Waals surface area contributed by atoms with Crippen LogP contribution in [0.25, 0.3) is 0 Å². The second-order valence-electron chi connectivity index (χ2n) is 15.5. The molecule has 5 aliphatic rings. The lowest BCUT2D eigenvalue weighted by molar-refractivity contribution is -0.140. The molecule has 1 aromatic carbocycles. The van der Waals surface area contributed by atoms with Gasteiger partial charge in [0.1, 0.15) is 12.0 Å². The smallest absolute Gasteiger partial charge is 0.416 e. The molecule has 0 saturated carbocycles. The zero-order valence-corrected chi connectivity index (χ0v) is 32.2. The Hall–Kier alpha value is -3.80. The van der Waals surface area contributed by atoms with Gasteiger partial charge in [-0.2, -0.15) is 28.2 Å². The minimum Gasteiger partial charge on any atom is -0.467 e. The molecule has 3 saturated heterocycles. The maximum absolute atomic E-state index is 15.1. The number of fused-ring (bicyclic) bond motifs is 3. The number of nitrogen functional groups attached to an aromatic ring is 1. The number of nitrogens with two attached hydrogens (primary N) is 1. The van der Waals surface area contributed by atoms with Gasteiger partial charge < -0.3 is 29.9 Å². The molecule has 0 aliphatic carbocycles. The molecule has 8 rings (SSSR count). The first-order valence-electron chi connectivity index (χ1n) is 18.6. The zero-order chi connectivity index (χ0) is 39.4. The molecule has 300 valence electrons. The molecule has 2 aromatic heterocycles. The van der Waals surface area contributed by atoms with Gasteiger partial charge in [-0.05, 0) is 71.8 Å². The summed E-state index contributed by atoms with van der Waals surface area (Å²) in [6.07, 6.45) is -2.01. The molecule has 18 heteroatoms. The van der Waals surface area contributed by atoms with Crippen LogP contribution >= 0.6 is 11.6 Å². The number of amides is 1. The summed E-state index contributed by atoms with van der Waals surface area (Å²) >= 11 is 6.85. The molecule has 2 N–H and O–H groups in total.